The number of carboxylic acids is 1. The molecule has 4 aliphatic rings. The zero-order valence-corrected chi connectivity index (χ0v) is 51.6. The van der Waals surface area contributed by atoms with Crippen molar-refractivity contribution in [2.75, 3.05) is 31.3 Å². The minimum absolute atomic E-state index is 0.00426. The normalized spacial score (nSPS) is 27.6. The minimum atomic E-state index is -1.67. The second-order valence-electron chi connectivity index (χ2n) is 23.5. The summed E-state index contributed by atoms with van der Waals surface area (Å²) in [5.74, 6) is -4.82. The van der Waals surface area contributed by atoms with E-state index in [1.165, 1.54) is 30.7 Å². The molecule has 3 fully saturated rings. The molecule has 0 aromatic heterocycles. The molecule has 10 atom stereocenters. The van der Waals surface area contributed by atoms with Crippen molar-refractivity contribution in [3.8, 4) is 0 Å². The number of amides is 5. The van der Waals surface area contributed by atoms with Crippen molar-refractivity contribution in [1.29, 1.82) is 0 Å². The summed E-state index contributed by atoms with van der Waals surface area (Å²) in [5, 5.41) is 29.1. The summed E-state index contributed by atoms with van der Waals surface area (Å²) in [7, 11) is 3.00. The lowest BCUT2D eigenvalue weighted by Crippen LogP contribution is -2.60. The van der Waals surface area contributed by atoms with Gasteiger partial charge in [0.1, 0.15) is 41.1 Å². The van der Waals surface area contributed by atoms with E-state index in [2.05, 4.69) is 16.0 Å². The van der Waals surface area contributed by atoms with Crippen molar-refractivity contribution < 1.29 is 72.4 Å². The maximum absolute atomic E-state index is 14.4. The van der Waals surface area contributed by atoms with E-state index in [0.29, 0.717) is 81.5 Å². The molecule has 5 amide bonds. The zero-order chi connectivity index (χ0) is 61.5. The van der Waals surface area contributed by atoms with Gasteiger partial charge in [0.25, 0.3) is 0 Å². The number of carboxylic acid groups (broad SMARTS) is 1. The summed E-state index contributed by atoms with van der Waals surface area (Å²) in [5.41, 5.74) is 0.0891. The molecule has 83 heavy (non-hydrogen) atoms. The molecule has 2 saturated heterocycles. The lowest BCUT2D eigenvalue weighted by molar-refractivity contribution is -0.162. The van der Waals surface area contributed by atoms with Crippen LogP contribution >= 0.6 is 23.4 Å². The number of hydrogen-bond acceptors (Lipinski definition) is 15. The van der Waals surface area contributed by atoms with Gasteiger partial charge in [-0.3, -0.25) is 38.9 Å². The number of epoxide rings is 1. The Labute approximate surface area is 497 Å². The van der Waals surface area contributed by atoms with Gasteiger partial charge < -0.3 is 49.7 Å². The number of esters is 1. The van der Waals surface area contributed by atoms with Crippen LogP contribution in [0.25, 0.3) is 0 Å². The number of allylic oxidation sites excluding steroid dienone is 3. The van der Waals surface area contributed by atoms with Gasteiger partial charge in [0.2, 0.25) is 23.6 Å². The molecular weight excluding hydrogens is 1110 g/mol. The molecule has 1 aliphatic carbocycles. The first-order chi connectivity index (χ1) is 39.1. The molecule has 3 unspecified atom stereocenters. The predicted octanol–water partition coefficient (Wildman–Crippen LogP) is 7.68. The van der Waals surface area contributed by atoms with Crippen LogP contribution in [-0.4, -0.2) is 147 Å². The number of ether oxygens (including phenoxy) is 3. The van der Waals surface area contributed by atoms with Crippen LogP contribution in [0.4, 0.5) is 10.5 Å². The summed E-state index contributed by atoms with van der Waals surface area (Å²) in [6.45, 7) is 14.0. The fourth-order valence-corrected chi connectivity index (χ4v) is 12.5. The number of thioether (sulfide) groups is 1. The molecule has 460 valence electrons. The molecule has 3 aliphatic heterocycles. The Morgan fingerprint density at radius 2 is 1.70 bits per heavy atom. The lowest BCUT2D eigenvalue weighted by atomic mass is 9.79. The van der Waals surface area contributed by atoms with Crippen molar-refractivity contribution in [3.63, 3.8) is 0 Å². The summed E-state index contributed by atoms with van der Waals surface area (Å²) < 4.78 is 18.2. The van der Waals surface area contributed by atoms with E-state index < -0.39 is 101 Å². The molecule has 0 radical (unpaired) electrons. The van der Waals surface area contributed by atoms with Crippen LogP contribution in [0, 0.1) is 30.6 Å². The molecular formula is C61H88ClN5O15S. The second-order valence-corrected chi connectivity index (χ2v) is 25.2. The number of carbonyl (C=O) groups is 10. The van der Waals surface area contributed by atoms with Crippen LogP contribution in [-0.2, 0) is 63.8 Å². The molecule has 1 aromatic rings. The third-order valence-corrected chi connectivity index (χ3v) is 18.7. The number of rotatable bonds is 25. The third kappa shape index (κ3) is 19.4. The first kappa shape index (κ1) is 68.1. The highest BCUT2D eigenvalue weighted by Crippen LogP contribution is 2.49. The number of halogens is 1. The number of hydrogen-bond donors (Lipinski definition) is 5. The van der Waals surface area contributed by atoms with Crippen molar-refractivity contribution in [1.82, 2.24) is 20.9 Å². The Morgan fingerprint density at radius 1 is 1.00 bits per heavy atom. The van der Waals surface area contributed by atoms with Gasteiger partial charge in [0.15, 0.2) is 5.78 Å². The van der Waals surface area contributed by atoms with E-state index in [0.717, 1.165) is 28.5 Å². The van der Waals surface area contributed by atoms with Gasteiger partial charge >= 0.3 is 18.0 Å². The van der Waals surface area contributed by atoms with E-state index >= 15 is 0 Å². The Hall–Kier alpha value is -5.64. The molecule has 4 bridgehead atoms. The van der Waals surface area contributed by atoms with E-state index in [4.69, 9.17) is 25.8 Å². The summed E-state index contributed by atoms with van der Waals surface area (Å²) >= 11 is 7.85. The van der Waals surface area contributed by atoms with Gasteiger partial charge in [-0.1, -0.05) is 75.1 Å². The summed E-state index contributed by atoms with van der Waals surface area (Å²) in [4.78, 5) is 132. The molecule has 22 heteroatoms. The topological polar surface area (TPSA) is 285 Å². The van der Waals surface area contributed by atoms with Gasteiger partial charge in [-0.25, -0.2) is 9.59 Å². The van der Waals surface area contributed by atoms with E-state index in [1.54, 1.807) is 40.8 Å². The first-order valence-electron chi connectivity index (χ1n) is 29.3. The number of nitrogens with zero attached hydrogens (tertiary/aromatic N) is 2. The molecule has 1 saturated carbocycles. The van der Waals surface area contributed by atoms with Gasteiger partial charge in [0.05, 0.1) is 40.9 Å². The number of anilines is 1. The first-order valence-corrected chi connectivity index (χ1v) is 30.7. The highest BCUT2D eigenvalue weighted by atomic mass is 35.5. The Bertz CT molecular complexity index is 2620. The highest BCUT2D eigenvalue weighted by Gasteiger charge is 2.64. The van der Waals surface area contributed by atoms with Crippen LogP contribution < -0.4 is 20.9 Å². The monoisotopic (exact) mass is 1200 g/mol. The number of aliphatic hydroxyl groups is 1. The molecule has 3 heterocycles. The number of alkyl carbamates (subject to hydrolysis) is 1. The molecule has 0 spiro atoms. The maximum atomic E-state index is 14.4. The Morgan fingerprint density at radius 3 is 2.36 bits per heavy atom. The highest BCUT2D eigenvalue weighted by molar-refractivity contribution is 8.00. The van der Waals surface area contributed by atoms with Crippen molar-refractivity contribution in [2.45, 2.75) is 212 Å². The van der Waals surface area contributed by atoms with Gasteiger partial charge in [0, 0.05) is 82.7 Å². The zero-order valence-electron chi connectivity index (χ0n) is 50.0. The fourth-order valence-electron chi connectivity index (χ4n) is 11.2. The molecule has 1 aromatic carbocycles. The van der Waals surface area contributed by atoms with E-state index in [1.807, 2.05) is 38.1 Å². The van der Waals surface area contributed by atoms with Crippen LogP contribution in [0.15, 0.2) is 35.9 Å². The number of likely N-dealkylation sites (N-methyl/N-ethyl adjacent to an activating group) is 1. The molecule has 5 N–H and O–H groups in total. The number of benzene rings is 1. The number of nitrogens with one attached hydrogen (secondary N) is 3. The van der Waals surface area contributed by atoms with Crippen molar-refractivity contribution >= 4 is 88.1 Å². The van der Waals surface area contributed by atoms with Gasteiger partial charge in [-0.05, 0) is 103 Å². The number of aryl methyl sites for hydroxylation is 1. The van der Waals surface area contributed by atoms with Crippen LogP contribution in [0.5, 0.6) is 0 Å². The summed E-state index contributed by atoms with van der Waals surface area (Å²) in [6, 6.07) is 1.95. The number of unbranched alkanes of at least 4 members (excludes halogenated alkanes) is 2. The lowest BCUT2D eigenvalue weighted by Gasteiger charge is -2.41. The van der Waals surface area contributed by atoms with Crippen LogP contribution in [0.1, 0.15) is 162 Å². The standard InChI is InChI=1S/C61H88ClN5O15S/c1-11-51(71)64-44(47(70)25-20-38(5)68)18-13-12-14-19-46(69)43-23-21-41(22-24-43)34-63-57(76)49(31-54(74)75)83-27-26-52(72)66(9)40(7)58(77)81-50-32-53(73)67(10)45-30-42(29-36(3)55(45)62)28-35(2)16-15-17-37(4)61(79)33-48(80-59(78)65-61)39(6)56-60(50,8)82-56/h15-17,29-30,37,39-41,43-44,48-50,56,79H,11-14,18-28,31-34H2,1-10H3,(H,63,76)(H,64,71)(H,65,78)(H,74,75)/b17-15+,35-16+/t37-,39+,40-,41?,43?,44?,48?,49?,50+,56-,60-,61-/m0/s1. The van der Waals surface area contributed by atoms with Crippen molar-refractivity contribution in [2.24, 2.45) is 23.7 Å². The van der Waals surface area contributed by atoms with Gasteiger partial charge in [-0.2, -0.15) is 0 Å². The molecule has 20 nitrogen and oxygen atoms in total. The van der Waals surface area contributed by atoms with E-state index in [9.17, 15) is 58.2 Å². The fraction of sp³-hybridized carbons (Fsp3) is 0.672. The predicted molar refractivity (Wildman–Crippen MR) is 314 cm³/mol. The van der Waals surface area contributed by atoms with E-state index in [-0.39, 0.29) is 79.4 Å². The number of fused-ring (bicyclic) bond motifs is 5. The maximum Gasteiger partial charge on any atom is 0.409 e. The average molecular weight is 1200 g/mol. The van der Waals surface area contributed by atoms with Crippen LogP contribution in [0.3, 0.4) is 0 Å². The number of aliphatic carboxylic acids is 1. The number of ketones is 3. The third-order valence-electron chi connectivity index (χ3n) is 17.0. The minimum Gasteiger partial charge on any atom is -0.481 e. The van der Waals surface area contributed by atoms with Crippen LogP contribution in [0.2, 0.25) is 5.02 Å². The van der Waals surface area contributed by atoms with Gasteiger partial charge in [-0.15, -0.1) is 11.8 Å². The number of carbonyl (C=O) groups excluding carboxylic acids is 9. The quantitative estimate of drug-likeness (QED) is 0.0356. The summed E-state index contributed by atoms with van der Waals surface area (Å²) in [6.07, 6.45) is 7.51. The Kier molecular flexibility index (Phi) is 25.4. The number of Topliss-reactive ketones (excluding diaryl/α,β-unsaturated/α-hetero) is 3. The largest absolute Gasteiger partial charge is 0.481 e. The smallest absolute Gasteiger partial charge is 0.409 e. The van der Waals surface area contributed by atoms with Crippen molar-refractivity contribution in [3.05, 3.63) is 52.1 Å². The molecule has 5 rings (SSSR count). The Balaban J connectivity index is 1.14. The average Bonchev–Trinajstić information content (AvgIpc) is 2.02. The SMILES string of the molecule is CCC(=O)NC(CCCCCC(=O)C1CCC(CNC(=O)C(CC(=O)O)SCCC(=O)N(C)[C@@H](C)C(=O)O[C@@H]2CC(=O)N(C)c3cc(cc(C)c3Cl)C/C(C)=C/C=C/[C@H](C)[C@@]3(O)CC(OC(=O)N3)[C@@H](C)[C@@H]3O[C@@]23C)CC1)C(=O)CCC(C)=O. The second kappa shape index (κ2) is 31.0.